The van der Waals surface area contributed by atoms with Crippen molar-refractivity contribution in [2.45, 2.75) is 19.8 Å². The molecule has 0 bridgehead atoms. The monoisotopic (exact) mass is 401 g/mol. The molecule has 1 fully saturated rings. The normalized spacial score (nSPS) is 17.2. The summed E-state index contributed by atoms with van der Waals surface area (Å²) in [6, 6.07) is 0. The highest BCUT2D eigenvalue weighted by molar-refractivity contribution is 6.03. The SMILES string of the molecule is CC1CC(=O)N(CCOCCOCCN/C=C(\N)CCOCCOC=O)C1=O. The number of nitrogens with one attached hydrogen (secondary N) is 1. The summed E-state index contributed by atoms with van der Waals surface area (Å²) in [6.07, 6.45) is 2.57. The zero-order valence-corrected chi connectivity index (χ0v) is 16.4. The number of rotatable bonds is 17. The highest BCUT2D eigenvalue weighted by Gasteiger charge is 2.34. The van der Waals surface area contributed by atoms with Crippen LogP contribution in [0, 0.1) is 5.92 Å². The summed E-state index contributed by atoms with van der Waals surface area (Å²) in [5.74, 6) is -0.474. The molecule has 1 aliphatic heterocycles. The van der Waals surface area contributed by atoms with Gasteiger partial charge >= 0.3 is 0 Å². The van der Waals surface area contributed by atoms with E-state index in [-0.39, 0.29) is 30.8 Å². The summed E-state index contributed by atoms with van der Waals surface area (Å²) in [7, 11) is 0. The molecule has 28 heavy (non-hydrogen) atoms. The molecule has 0 aromatic heterocycles. The van der Waals surface area contributed by atoms with E-state index < -0.39 is 0 Å². The van der Waals surface area contributed by atoms with Crippen LogP contribution in [-0.2, 0) is 33.3 Å². The lowest BCUT2D eigenvalue weighted by Crippen LogP contribution is -2.33. The fourth-order valence-corrected chi connectivity index (χ4v) is 2.41. The first-order chi connectivity index (χ1) is 13.6. The molecule has 0 saturated carbocycles. The third-order valence-electron chi connectivity index (χ3n) is 3.93. The molecule has 10 heteroatoms. The Balaban J connectivity index is 1.89. The van der Waals surface area contributed by atoms with E-state index in [1.807, 2.05) is 0 Å². The van der Waals surface area contributed by atoms with Crippen molar-refractivity contribution in [1.82, 2.24) is 10.2 Å². The average molecular weight is 401 g/mol. The van der Waals surface area contributed by atoms with Gasteiger partial charge in [0.25, 0.3) is 6.47 Å². The predicted octanol–water partition coefficient (Wildman–Crippen LogP) is -0.616. The zero-order chi connectivity index (χ0) is 20.6. The molecule has 1 rings (SSSR count). The van der Waals surface area contributed by atoms with E-state index in [1.54, 1.807) is 13.1 Å². The number of hydrogen-bond donors (Lipinski definition) is 2. The third kappa shape index (κ3) is 10.2. The van der Waals surface area contributed by atoms with Crippen molar-refractivity contribution < 1.29 is 33.3 Å². The quantitative estimate of drug-likeness (QED) is 0.186. The second kappa shape index (κ2) is 14.8. The smallest absolute Gasteiger partial charge is 0.293 e. The summed E-state index contributed by atoms with van der Waals surface area (Å²) in [5.41, 5.74) is 6.46. The maximum Gasteiger partial charge on any atom is 0.293 e. The Hall–Kier alpha value is -2.17. The minimum absolute atomic E-state index is 0.123. The van der Waals surface area contributed by atoms with Crippen LogP contribution in [0.5, 0.6) is 0 Å². The molecule has 2 amide bonds. The van der Waals surface area contributed by atoms with E-state index in [1.165, 1.54) is 4.90 Å². The van der Waals surface area contributed by atoms with Crippen LogP contribution in [0.4, 0.5) is 0 Å². The van der Waals surface area contributed by atoms with Crippen LogP contribution >= 0.6 is 0 Å². The van der Waals surface area contributed by atoms with E-state index in [0.29, 0.717) is 71.3 Å². The number of nitrogens with zero attached hydrogens (tertiary/aromatic N) is 1. The fraction of sp³-hybridized carbons (Fsp3) is 0.722. The molecular weight excluding hydrogens is 370 g/mol. The van der Waals surface area contributed by atoms with Gasteiger partial charge in [-0.05, 0) is 0 Å². The second-order valence-corrected chi connectivity index (χ2v) is 6.22. The number of amides is 2. The lowest BCUT2D eigenvalue weighted by atomic mass is 10.1. The predicted molar refractivity (Wildman–Crippen MR) is 99.9 cm³/mol. The fourth-order valence-electron chi connectivity index (χ4n) is 2.41. The molecule has 0 aliphatic carbocycles. The van der Waals surface area contributed by atoms with Gasteiger partial charge in [0.1, 0.15) is 6.61 Å². The Bertz CT molecular complexity index is 513. The molecular formula is C18H31N3O7. The van der Waals surface area contributed by atoms with Crippen LogP contribution in [0.15, 0.2) is 11.9 Å². The van der Waals surface area contributed by atoms with Crippen molar-refractivity contribution >= 4 is 18.3 Å². The summed E-state index contributed by atoms with van der Waals surface area (Å²) in [5, 5.41) is 3.04. The van der Waals surface area contributed by atoms with E-state index in [9.17, 15) is 14.4 Å². The molecule has 0 aromatic carbocycles. The van der Waals surface area contributed by atoms with E-state index in [2.05, 4.69) is 10.1 Å². The van der Waals surface area contributed by atoms with E-state index in [0.717, 1.165) is 0 Å². The van der Waals surface area contributed by atoms with Crippen molar-refractivity contribution in [2.24, 2.45) is 11.7 Å². The average Bonchev–Trinajstić information content (AvgIpc) is 2.91. The first kappa shape index (κ1) is 23.9. The van der Waals surface area contributed by atoms with Gasteiger partial charge < -0.3 is 30.0 Å². The van der Waals surface area contributed by atoms with Gasteiger partial charge in [0.15, 0.2) is 0 Å². The lowest BCUT2D eigenvalue weighted by molar-refractivity contribution is -0.140. The topological polar surface area (TPSA) is 129 Å². The number of nitrogens with two attached hydrogens (primary N) is 1. The molecule has 0 radical (unpaired) electrons. The number of hydrogen-bond acceptors (Lipinski definition) is 9. The summed E-state index contributed by atoms with van der Waals surface area (Å²) in [4.78, 5) is 34.5. The number of carbonyl (C=O) groups is 3. The molecule has 1 heterocycles. The van der Waals surface area contributed by atoms with Crippen molar-refractivity contribution in [3.63, 3.8) is 0 Å². The molecule has 1 unspecified atom stereocenters. The summed E-state index contributed by atoms with van der Waals surface area (Å²) >= 11 is 0. The number of imide groups is 1. The van der Waals surface area contributed by atoms with Crippen LogP contribution in [0.1, 0.15) is 19.8 Å². The van der Waals surface area contributed by atoms with Crippen LogP contribution in [0.2, 0.25) is 0 Å². The maximum atomic E-state index is 11.7. The van der Waals surface area contributed by atoms with E-state index >= 15 is 0 Å². The zero-order valence-electron chi connectivity index (χ0n) is 16.4. The highest BCUT2D eigenvalue weighted by atomic mass is 16.5. The number of carbonyl (C=O) groups excluding carboxylic acids is 3. The Labute approximate surface area is 165 Å². The van der Waals surface area contributed by atoms with Gasteiger partial charge in [-0.3, -0.25) is 19.3 Å². The number of likely N-dealkylation sites (tertiary alicyclic amines) is 1. The van der Waals surface area contributed by atoms with Crippen molar-refractivity contribution in [2.75, 3.05) is 59.3 Å². The molecule has 1 saturated heterocycles. The second-order valence-electron chi connectivity index (χ2n) is 6.22. The van der Waals surface area contributed by atoms with Gasteiger partial charge in [-0.25, -0.2) is 0 Å². The van der Waals surface area contributed by atoms with Gasteiger partial charge in [0, 0.05) is 37.2 Å². The van der Waals surface area contributed by atoms with Gasteiger partial charge in [-0.15, -0.1) is 0 Å². The standard InChI is InChI=1S/C18H31N3O7/c1-15-12-17(23)21(18(15)24)4-7-27-9-8-26-6-3-20-13-16(19)2-5-25-10-11-28-14-22/h13-15,20H,2-12,19H2,1H3/b16-13-. The first-order valence-electron chi connectivity index (χ1n) is 9.36. The Kier molecular flexibility index (Phi) is 12.6. The summed E-state index contributed by atoms with van der Waals surface area (Å²) < 4.78 is 20.5. The van der Waals surface area contributed by atoms with Crippen molar-refractivity contribution in [3.8, 4) is 0 Å². The molecule has 1 atom stereocenters. The molecule has 1 aliphatic rings. The molecule has 3 N–H and O–H groups in total. The van der Waals surface area contributed by atoms with Gasteiger partial charge in [0.05, 0.1) is 46.2 Å². The highest BCUT2D eigenvalue weighted by Crippen LogP contribution is 2.17. The lowest BCUT2D eigenvalue weighted by Gasteiger charge is -2.14. The summed E-state index contributed by atoms with van der Waals surface area (Å²) in [6.45, 7) is 5.70. The Morgan fingerprint density at radius 3 is 2.46 bits per heavy atom. The van der Waals surface area contributed by atoms with Crippen molar-refractivity contribution in [1.29, 1.82) is 0 Å². The Morgan fingerprint density at radius 1 is 1.11 bits per heavy atom. The largest absolute Gasteiger partial charge is 0.465 e. The molecule has 160 valence electrons. The van der Waals surface area contributed by atoms with Crippen molar-refractivity contribution in [3.05, 3.63) is 11.9 Å². The minimum Gasteiger partial charge on any atom is -0.465 e. The van der Waals surface area contributed by atoms with Crippen LogP contribution < -0.4 is 11.1 Å². The maximum absolute atomic E-state index is 11.7. The van der Waals surface area contributed by atoms with Gasteiger partial charge in [0.2, 0.25) is 11.8 Å². The van der Waals surface area contributed by atoms with Gasteiger partial charge in [-0.2, -0.15) is 0 Å². The van der Waals surface area contributed by atoms with Crippen LogP contribution in [-0.4, -0.2) is 82.5 Å². The molecule has 0 spiro atoms. The Morgan fingerprint density at radius 2 is 1.79 bits per heavy atom. The van der Waals surface area contributed by atoms with E-state index in [4.69, 9.17) is 19.9 Å². The van der Waals surface area contributed by atoms with Crippen LogP contribution in [0.3, 0.4) is 0 Å². The van der Waals surface area contributed by atoms with Gasteiger partial charge in [-0.1, -0.05) is 6.92 Å². The van der Waals surface area contributed by atoms with Crippen LogP contribution in [0.25, 0.3) is 0 Å². The third-order valence-corrected chi connectivity index (χ3v) is 3.93. The first-order valence-corrected chi connectivity index (χ1v) is 9.36. The molecule has 10 nitrogen and oxygen atoms in total. The minimum atomic E-state index is -0.220. The number of ether oxygens (including phenoxy) is 4. The molecule has 0 aromatic rings.